The van der Waals surface area contributed by atoms with E-state index in [0.717, 1.165) is 64.2 Å². The molecule has 0 saturated carbocycles. The van der Waals surface area contributed by atoms with Gasteiger partial charge in [0, 0.05) is 37.3 Å². The van der Waals surface area contributed by atoms with E-state index in [-0.39, 0.29) is 12.1 Å². The van der Waals surface area contributed by atoms with Gasteiger partial charge in [0.2, 0.25) is 0 Å². The van der Waals surface area contributed by atoms with Crippen molar-refractivity contribution >= 4 is 6.03 Å². The van der Waals surface area contributed by atoms with Crippen LogP contribution in [0.4, 0.5) is 4.79 Å². The molecule has 2 aromatic rings. The van der Waals surface area contributed by atoms with Gasteiger partial charge >= 0.3 is 6.03 Å². The lowest BCUT2D eigenvalue weighted by Crippen LogP contribution is -2.47. The molecule has 1 aromatic carbocycles. The van der Waals surface area contributed by atoms with Crippen LogP contribution in [0.1, 0.15) is 61.7 Å². The minimum atomic E-state index is 0.0457. The third-order valence-electron chi connectivity index (χ3n) is 6.20. The largest absolute Gasteiger partial charge is 0.376 e. The van der Waals surface area contributed by atoms with E-state index in [1.165, 1.54) is 16.8 Å². The smallest absolute Gasteiger partial charge is 0.320 e. The first-order valence-corrected chi connectivity index (χ1v) is 11.0. The van der Waals surface area contributed by atoms with Crippen LogP contribution in [0.15, 0.2) is 30.3 Å². The van der Waals surface area contributed by atoms with E-state index < -0.39 is 0 Å². The average Bonchev–Trinajstić information content (AvgIpc) is 3.13. The number of amides is 2. The highest BCUT2D eigenvalue weighted by Crippen LogP contribution is 2.35. The predicted octanol–water partition coefficient (Wildman–Crippen LogP) is 3.99. The molecule has 0 N–H and O–H groups in total. The first-order chi connectivity index (χ1) is 14.2. The van der Waals surface area contributed by atoms with E-state index in [1.54, 1.807) is 0 Å². The Bertz CT molecular complexity index is 829. The Morgan fingerprint density at radius 1 is 1.21 bits per heavy atom. The normalized spacial score (nSPS) is 19.1. The Kier molecular flexibility index (Phi) is 6.19. The van der Waals surface area contributed by atoms with Crippen molar-refractivity contribution in [2.45, 2.75) is 58.7 Å². The zero-order valence-corrected chi connectivity index (χ0v) is 17.6. The molecule has 1 fully saturated rings. The van der Waals surface area contributed by atoms with E-state index in [9.17, 15) is 4.79 Å². The fraction of sp³-hybridized carbons (Fsp3) is 0.565. The van der Waals surface area contributed by atoms with E-state index in [4.69, 9.17) is 9.84 Å². The molecule has 156 valence electrons. The number of aromatic nitrogens is 2. The lowest BCUT2D eigenvalue weighted by Gasteiger charge is -2.38. The van der Waals surface area contributed by atoms with Gasteiger partial charge in [-0.05, 0) is 38.7 Å². The number of ether oxygens (including phenoxy) is 1. The third-order valence-corrected chi connectivity index (χ3v) is 6.20. The molecule has 6 nitrogen and oxygen atoms in total. The number of nitrogens with zero attached hydrogens (tertiary/aromatic N) is 4. The SMILES string of the molecule is CCN(CC)C(=O)N1CCCCC1c1nn(Cc2ccccc2)c2c1COCC2. The van der Waals surface area contributed by atoms with Crippen molar-refractivity contribution in [3.8, 4) is 0 Å². The van der Waals surface area contributed by atoms with Crippen LogP contribution in [0, 0.1) is 0 Å². The van der Waals surface area contributed by atoms with Crippen molar-refractivity contribution in [1.29, 1.82) is 0 Å². The van der Waals surface area contributed by atoms with Crippen LogP contribution in [-0.4, -0.2) is 51.9 Å². The zero-order valence-electron chi connectivity index (χ0n) is 17.6. The molecule has 0 aliphatic carbocycles. The third kappa shape index (κ3) is 4.04. The topological polar surface area (TPSA) is 50.6 Å². The number of carbonyl (C=O) groups excluding carboxylic acids is 1. The summed E-state index contributed by atoms with van der Waals surface area (Å²) in [5.41, 5.74) is 4.78. The van der Waals surface area contributed by atoms with Crippen molar-refractivity contribution < 1.29 is 9.53 Å². The van der Waals surface area contributed by atoms with Gasteiger partial charge in [-0.1, -0.05) is 30.3 Å². The second kappa shape index (κ2) is 8.99. The zero-order chi connectivity index (χ0) is 20.2. The number of hydrogen-bond acceptors (Lipinski definition) is 3. The lowest BCUT2D eigenvalue weighted by atomic mass is 9.95. The van der Waals surface area contributed by atoms with Gasteiger partial charge in [0.05, 0.1) is 31.5 Å². The van der Waals surface area contributed by atoms with Gasteiger partial charge in [0.15, 0.2) is 0 Å². The maximum absolute atomic E-state index is 13.2. The average molecular weight is 397 g/mol. The van der Waals surface area contributed by atoms with Crippen molar-refractivity contribution in [1.82, 2.24) is 19.6 Å². The number of benzene rings is 1. The van der Waals surface area contributed by atoms with E-state index >= 15 is 0 Å². The minimum absolute atomic E-state index is 0.0457. The van der Waals surface area contributed by atoms with Crippen LogP contribution < -0.4 is 0 Å². The number of urea groups is 1. The number of piperidine rings is 1. The summed E-state index contributed by atoms with van der Waals surface area (Å²) in [6.45, 7) is 8.48. The van der Waals surface area contributed by atoms with E-state index in [2.05, 4.69) is 33.8 Å². The molecule has 2 aliphatic heterocycles. The number of fused-ring (bicyclic) bond motifs is 1. The molecule has 6 heteroatoms. The fourth-order valence-electron chi connectivity index (χ4n) is 4.61. The molecule has 0 bridgehead atoms. The molecule has 1 aromatic heterocycles. The summed E-state index contributed by atoms with van der Waals surface area (Å²) < 4.78 is 7.96. The molecule has 1 unspecified atom stereocenters. The van der Waals surface area contributed by atoms with Crippen LogP contribution in [0.3, 0.4) is 0 Å². The summed E-state index contributed by atoms with van der Waals surface area (Å²) in [5, 5.41) is 5.08. The van der Waals surface area contributed by atoms with E-state index in [1.807, 2.05) is 24.8 Å². The quantitative estimate of drug-likeness (QED) is 0.768. The minimum Gasteiger partial charge on any atom is -0.376 e. The fourth-order valence-corrected chi connectivity index (χ4v) is 4.61. The first-order valence-electron chi connectivity index (χ1n) is 11.0. The lowest BCUT2D eigenvalue weighted by molar-refractivity contribution is 0.101. The summed E-state index contributed by atoms with van der Waals surface area (Å²) in [6, 6.07) is 10.7. The summed E-state index contributed by atoms with van der Waals surface area (Å²) in [5.74, 6) is 0. The molecule has 4 rings (SSSR count). The molecule has 1 saturated heterocycles. The Morgan fingerprint density at radius 3 is 2.76 bits per heavy atom. The highest BCUT2D eigenvalue weighted by Gasteiger charge is 2.35. The van der Waals surface area contributed by atoms with Gasteiger partial charge in [-0.25, -0.2) is 4.79 Å². The van der Waals surface area contributed by atoms with Crippen LogP contribution in [0.25, 0.3) is 0 Å². The van der Waals surface area contributed by atoms with Crippen molar-refractivity contribution in [2.75, 3.05) is 26.2 Å². The number of carbonyl (C=O) groups is 1. The van der Waals surface area contributed by atoms with Gasteiger partial charge in [-0.15, -0.1) is 0 Å². The number of rotatable bonds is 5. The highest BCUT2D eigenvalue weighted by atomic mass is 16.5. The number of likely N-dealkylation sites (tertiary alicyclic amines) is 1. The Labute approximate surface area is 173 Å². The van der Waals surface area contributed by atoms with Crippen LogP contribution in [0.2, 0.25) is 0 Å². The predicted molar refractivity (Wildman–Crippen MR) is 113 cm³/mol. The highest BCUT2D eigenvalue weighted by molar-refractivity contribution is 5.75. The molecule has 3 heterocycles. The standard InChI is InChI=1S/C23H32N4O2/c1-3-25(4-2)23(28)26-14-9-8-12-21(26)22-19-17-29-15-13-20(19)27(24-22)16-18-10-6-5-7-11-18/h5-7,10-11,21H,3-4,8-9,12-17H2,1-2H3. The van der Waals surface area contributed by atoms with Crippen LogP contribution in [0.5, 0.6) is 0 Å². The maximum Gasteiger partial charge on any atom is 0.320 e. The Morgan fingerprint density at radius 2 is 2.00 bits per heavy atom. The van der Waals surface area contributed by atoms with Crippen molar-refractivity contribution in [3.05, 3.63) is 52.8 Å². The monoisotopic (exact) mass is 396 g/mol. The summed E-state index contributed by atoms with van der Waals surface area (Å²) in [6.07, 6.45) is 4.05. The molecule has 0 spiro atoms. The summed E-state index contributed by atoms with van der Waals surface area (Å²) in [7, 11) is 0. The Balaban J connectivity index is 1.68. The number of hydrogen-bond donors (Lipinski definition) is 0. The maximum atomic E-state index is 13.2. The molecule has 2 aliphatic rings. The molecular weight excluding hydrogens is 364 g/mol. The van der Waals surface area contributed by atoms with Crippen LogP contribution in [-0.2, 0) is 24.3 Å². The molecular formula is C23H32N4O2. The van der Waals surface area contributed by atoms with Crippen molar-refractivity contribution in [2.24, 2.45) is 0 Å². The van der Waals surface area contributed by atoms with Gasteiger partial charge in [-0.2, -0.15) is 5.10 Å². The molecule has 1 atom stereocenters. The molecule has 0 radical (unpaired) electrons. The molecule has 2 amide bonds. The van der Waals surface area contributed by atoms with Crippen molar-refractivity contribution in [3.63, 3.8) is 0 Å². The second-order valence-electron chi connectivity index (χ2n) is 7.92. The Hall–Kier alpha value is -2.34. The van der Waals surface area contributed by atoms with E-state index in [0.29, 0.717) is 6.61 Å². The van der Waals surface area contributed by atoms with Gasteiger partial charge in [-0.3, -0.25) is 4.68 Å². The summed E-state index contributed by atoms with van der Waals surface area (Å²) >= 11 is 0. The van der Waals surface area contributed by atoms with Crippen LogP contribution >= 0.6 is 0 Å². The van der Waals surface area contributed by atoms with Gasteiger partial charge in [0.1, 0.15) is 0 Å². The van der Waals surface area contributed by atoms with Gasteiger partial charge < -0.3 is 14.5 Å². The second-order valence-corrected chi connectivity index (χ2v) is 7.92. The van der Waals surface area contributed by atoms with Gasteiger partial charge in [0.25, 0.3) is 0 Å². The first kappa shape index (κ1) is 20.0. The summed E-state index contributed by atoms with van der Waals surface area (Å²) in [4.78, 5) is 17.2. The molecule has 29 heavy (non-hydrogen) atoms.